The lowest BCUT2D eigenvalue weighted by atomic mass is 9.97. The van der Waals surface area contributed by atoms with Crippen molar-refractivity contribution in [1.82, 2.24) is 5.32 Å². The van der Waals surface area contributed by atoms with Crippen LogP contribution in [-0.4, -0.2) is 140 Å². The molecule has 1 amide bonds. The lowest BCUT2D eigenvalue weighted by molar-refractivity contribution is -0.359. The van der Waals surface area contributed by atoms with Gasteiger partial charge in [0.15, 0.2) is 12.6 Å². The molecule has 12 atom stereocenters. The van der Waals surface area contributed by atoms with Crippen LogP contribution in [0, 0.1) is 0 Å². The summed E-state index contributed by atoms with van der Waals surface area (Å²) >= 11 is 0. The number of hydrogen-bond donors (Lipinski definition) is 9. The number of aliphatic hydroxyl groups is 8. The monoisotopic (exact) mass is 1090 g/mol. The molecule has 0 aromatic carbocycles. The average molecular weight is 1090 g/mol. The van der Waals surface area contributed by atoms with E-state index in [9.17, 15) is 45.6 Å². The molecule has 14 nitrogen and oxygen atoms in total. The highest BCUT2D eigenvalue weighted by molar-refractivity contribution is 5.76. The Hall–Kier alpha value is -2.31. The maximum absolute atomic E-state index is 13.1. The molecular weight excluding hydrogens is 979 g/mol. The van der Waals surface area contributed by atoms with Crippen LogP contribution in [0.5, 0.6) is 0 Å². The molecule has 2 aliphatic rings. The predicted octanol–water partition coefficient (Wildman–Crippen LogP) is 10.9. The summed E-state index contributed by atoms with van der Waals surface area (Å²) in [5.74, 6) is -0.246. The van der Waals surface area contributed by atoms with Crippen molar-refractivity contribution in [3.05, 3.63) is 60.8 Å². The highest BCUT2D eigenvalue weighted by Crippen LogP contribution is 2.30. The second-order valence-corrected chi connectivity index (χ2v) is 21.8. The first-order chi connectivity index (χ1) is 37.6. The van der Waals surface area contributed by atoms with Crippen molar-refractivity contribution in [2.75, 3.05) is 19.8 Å². The van der Waals surface area contributed by atoms with Gasteiger partial charge in [-0.25, -0.2) is 0 Å². The second-order valence-electron chi connectivity index (χ2n) is 21.8. The SMILES string of the molecule is CC/C=C\C/C=C\C/C=C\C/C=C\CCCCCCCCCCCCCCCCCCCCCCCCCCCCC(=O)NC(COC1OC(CO)C(OC2OC(CO)C(O)C(O)C2O)C(O)C1O)C(O)/C=C/CCCC. The largest absolute Gasteiger partial charge is 0.394 e. The summed E-state index contributed by atoms with van der Waals surface area (Å²) in [5.41, 5.74) is 0. The Morgan fingerprint density at radius 1 is 0.481 bits per heavy atom. The van der Waals surface area contributed by atoms with Gasteiger partial charge in [-0.15, -0.1) is 0 Å². The normalized spacial score (nSPS) is 25.1. The third-order valence-electron chi connectivity index (χ3n) is 15.0. The number of allylic oxidation sites excluding steroid dienone is 9. The standard InChI is InChI=1S/C63H113NO13/c1-3-5-7-9-10-11-12-13-14-15-16-17-18-19-20-21-22-23-24-25-26-27-28-29-30-31-32-33-34-35-36-37-38-39-40-41-42-43-45-47-55(68)64-51(52(67)46-44-8-6-4-2)50-74-62-60(73)58(71)61(54(49-66)76-62)77-63-59(72)57(70)56(69)53(48-65)75-63/h5,7,10-11,13-14,16-17,44,46,51-54,56-63,65-67,69-73H,3-4,6,8-9,12,15,18-43,45,47-50H2,1-2H3,(H,64,68)/b7-5-,11-10-,14-13-,17-16-,46-44+. The second kappa shape index (κ2) is 48.4. The molecule has 9 N–H and O–H groups in total. The fourth-order valence-electron chi connectivity index (χ4n) is 9.98. The van der Waals surface area contributed by atoms with Crippen molar-refractivity contribution in [3.63, 3.8) is 0 Å². The molecule has 2 rings (SSSR count). The summed E-state index contributed by atoms with van der Waals surface area (Å²) in [7, 11) is 0. The van der Waals surface area contributed by atoms with Gasteiger partial charge in [-0.3, -0.25) is 4.79 Å². The highest BCUT2D eigenvalue weighted by Gasteiger charge is 2.51. The van der Waals surface area contributed by atoms with Gasteiger partial charge in [0, 0.05) is 6.42 Å². The minimum Gasteiger partial charge on any atom is -0.394 e. The number of hydrogen-bond acceptors (Lipinski definition) is 13. The summed E-state index contributed by atoms with van der Waals surface area (Å²) in [4.78, 5) is 13.1. The van der Waals surface area contributed by atoms with Gasteiger partial charge in [0.05, 0.1) is 32.0 Å². The molecule has 2 fully saturated rings. The van der Waals surface area contributed by atoms with Crippen LogP contribution in [0.2, 0.25) is 0 Å². The molecule has 0 bridgehead atoms. The van der Waals surface area contributed by atoms with Crippen molar-refractivity contribution in [2.45, 2.75) is 312 Å². The van der Waals surface area contributed by atoms with E-state index < -0.39 is 86.8 Å². The molecule has 0 aromatic rings. The third kappa shape index (κ3) is 33.9. The van der Waals surface area contributed by atoms with E-state index >= 15 is 0 Å². The number of nitrogens with one attached hydrogen (secondary N) is 1. The first-order valence-corrected chi connectivity index (χ1v) is 31.0. The number of rotatable bonds is 49. The number of ether oxygens (including phenoxy) is 4. The van der Waals surface area contributed by atoms with Gasteiger partial charge in [-0.1, -0.05) is 242 Å². The number of unbranched alkanes of at least 4 members (excludes halogenated alkanes) is 28. The van der Waals surface area contributed by atoms with Crippen molar-refractivity contribution in [2.24, 2.45) is 0 Å². The Bertz CT molecular complexity index is 1520. The molecule has 2 saturated heterocycles. The smallest absolute Gasteiger partial charge is 0.220 e. The lowest BCUT2D eigenvalue weighted by Crippen LogP contribution is -2.65. The molecule has 0 saturated carbocycles. The molecule has 0 aliphatic carbocycles. The summed E-state index contributed by atoms with van der Waals surface area (Å²) in [6, 6.07) is -0.909. The van der Waals surface area contributed by atoms with Crippen LogP contribution in [0.15, 0.2) is 60.8 Å². The van der Waals surface area contributed by atoms with E-state index in [0.717, 1.165) is 64.2 Å². The van der Waals surface area contributed by atoms with Gasteiger partial charge in [-0.2, -0.15) is 0 Å². The van der Waals surface area contributed by atoms with E-state index in [-0.39, 0.29) is 18.9 Å². The Morgan fingerprint density at radius 3 is 1.36 bits per heavy atom. The quantitative estimate of drug-likeness (QED) is 0.0204. The van der Waals surface area contributed by atoms with E-state index in [1.165, 1.54) is 148 Å². The van der Waals surface area contributed by atoms with E-state index in [2.05, 4.69) is 67.8 Å². The number of carbonyl (C=O) groups excluding carboxylic acids is 1. The zero-order valence-corrected chi connectivity index (χ0v) is 48.2. The van der Waals surface area contributed by atoms with Gasteiger partial charge in [0.25, 0.3) is 0 Å². The average Bonchev–Trinajstić information content (AvgIpc) is 3.43. The maximum Gasteiger partial charge on any atom is 0.220 e. The zero-order chi connectivity index (χ0) is 56.0. The first kappa shape index (κ1) is 70.8. The van der Waals surface area contributed by atoms with Crippen LogP contribution in [0.25, 0.3) is 0 Å². The number of aliphatic hydroxyl groups excluding tert-OH is 8. The van der Waals surface area contributed by atoms with Crippen LogP contribution >= 0.6 is 0 Å². The number of amides is 1. The highest BCUT2D eigenvalue weighted by atomic mass is 16.7. The van der Waals surface area contributed by atoms with Crippen LogP contribution in [0.1, 0.15) is 239 Å². The predicted molar refractivity (Wildman–Crippen MR) is 309 cm³/mol. The molecule has 14 heteroatoms. The molecule has 0 radical (unpaired) electrons. The molecule has 448 valence electrons. The van der Waals surface area contributed by atoms with Crippen molar-refractivity contribution >= 4 is 5.91 Å². The Balaban J connectivity index is 1.45. The molecule has 2 heterocycles. The van der Waals surface area contributed by atoms with Crippen molar-refractivity contribution in [3.8, 4) is 0 Å². The van der Waals surface area contributed by atoms with Gasteiger partial charge < -0.3 is 65.1 Å². The lowest BCUT2D eigenvalue weighted by Gasteiger charge is -2.46. The van der Waals surface area contributed by atoms with Crippen molar-refractivity contribution < 1.29 is 64.6 Å². The summed E-state index contributed by atoms with van der Waals surface area (Å²) < 4.78 is 22.6. The topological polar surface area (TPSA) is 228 Å². The Kier molecular flexibility index (Phi) is 44.5. The Labute approximate surface area is 466 Å². The molecule has 12 unspecified atom stereocenters. The third-order valence-corrected chi connectivity index (χ3v) is 15.0. The molecule has 0 aromatic heterocycles. The summed E-state index contributed by atoms with van der Waals surface area (Å²) in [5, 5.41) is 86.2. The maximum atomic E-state index is 13.1. The molecule has 2 aliphatic heterocycles. The molecule has 77 heavy (non-hydrogen) atoms. The first-order valence-electron chi connectivity index (χ1n) is 31.0. The number of carbonyl (C=O) groups is 1. The Morgan fingerprint density at radius 2 is 0.896 bits per heavy atom. The summed E-state index contributed by atoms with van der Waals surface area (Å²) in [6.07, 6.45) is 46.9. The van der Waals surface area contributed by atoms with Gasteiger partial charge in [-0.05, 0) is 51.4 Å². The van der Waals surface area contributed by atoms with E-state index in [1.807, 2.05) is 6.08 Å². The van der Waals surface area contributed by atoms with E-state index in [4.69, 9.17) is 18.9 Å². The van der Waals surface area contributed by atoms with Gasteiger partial charge >= 0.3 is 0 Å². The van der Waals surface area contributed by atoms with Crippen LogP contribution in [-0.2, 0) is 23.7 Å². The molecule has 0 spiro atoms. The fourth-order valence-corrected chi connectivity index (χ4v) is 9.98. The minimum atomic E-state index is -1.79. The van der Waals surface area contributed by atoms with E-state index in [0.29, 0.717) is 6.42 Å². The fraction of sp³-hybridized carbons (Fsp3) is 0.825. The van der Waals surface area contributed by atoms with Crippen molar-refractivity contribution in [1.29, 1.82) is 0 Å². The minimum absolute atomic E-state index is 0.246. The van der Waals surface area contributed by atoms with Crippen LogP contribution in [0.3, 0.4) is 0 Å². The van der Waals surface area contributed by atoms with Gasteiger partial charge in [0.2, 0.25) is 5.91 Å². The van der Waals surface area contributed by atoms with Crippen LogP contribution < -0.4 is 5.32 Å². The van der Waals surface area contributed by atoms with Crippen LogP contribution in [0.4, 0.5) is 0 Å². The van der Waals surface area contributed by atoms with Gasteiger partial charge in [0.1, 0.15) is 48.8 Å². The summed E-state index contributed by atoms with van der Waals surface area (Å²) in [6.45, 7) is 2.52. The zero-order valence-electron chi connectivity index (χ0n) is 48.2. The molecular formula is C63H113NO13. The van der Waals surface area contributed by atoms with E-state index in [1.54, 1.807) is 6.08 Å².